The SMILES string of the molecule is CNc1nnc(SCc2ccc(-c3ccccc3C#N)cc2)s1. The monoisotopic (exact) mass is 338 g/mol. The fourth-order valence-electron chi connectivity index (χ4n) is 2.13. The molecule has 3 rings (SSSR count). The number of aromatic nitrogens is 2. The van der Waals surface area contributed by atoms with Crippen LogP contribution < -0.4 is 5.32 Å². The van der Waals surface area contributed by atoms with E-state index in [1.165, 1.54) is 5.56 Å². The van der Waals surface area contributed by atoms with Gasteiger partial charge in [0.25, 0.3) is 0 Å². The van der Waals surface area contributed by atoms with Crippen molar-refractivity contribution in [2.24, 2.45) is 0 Å². The quantitative estimate of drug-likeness (QED) is 0.698. The van der Waals surface area contributed by atoms with Gasteiger partial charge < -0.3 is 5.32 Å². The molecule has 0 atom stereocenters. The molecule has 0 bridgehead atoms. The van der Waals surface area contributed by atoms with Crippen LogP contribution in [0.1, 0.15) is 11.1 Å². The second-order valence-electron chi connectivity index (χ2n) is 4.77. The van der Waals surface area contributed by atoms with Gasteiger partial charge in [-0.3, -0.25) is 0 Å². The summed E-state index contributed by atoms with van der Waals surface area (Å²) in [6.07, 6.45) is 0. The van der Waals surface area contributed by atoms with E-state index in [2.05, 4.69) is 45.8 Å². The molecule has 0 aliphatic heterocycles. The molecule has 0 saturated heterocycles. The third-order valence-corrected chi connectivity index (χ3v) is 5.44. The Labute approximate surface area is 143 Å². The summed E-state index contributed by atoms with van der Waals surface area (Å²) in [5.74, 6) is 0.846. The van der Waals surface area contributed by atoms with Crippen molar-refractivity contribution in [3.8, 4) is 17.2 Å². The Kier molecular flexibility index (Phi) is 4.91. The van der Waals surface area contributed by atoms with Gasteiger partial charge in [0.2, 0.25) is 5.13 Å². The van der Waals surface area contributed by atoms with E-state index in [0.717, 1.165) is 26.4 Å². The van der Waals surface area contributed by atoms with Crippen molar-refractivity contribution in [3.05, 3.63) is 59.7 Å². The van der Waals surface area contributed by atoms with Crippen molar-refractivity contribution in [2.75, 3.05) is 12.4 Å². The van der Waals surface area contributed by atoms with Gasteiger partial charge in [-0.2, -0.15) is 5.26 Å². The molecule has 1 aromatic heterocycles. The van der Waals surface area contributed by atoms with Crippen LogP contribution in [-0.2, 0) is 5.75 Å². The van der Waals surface area contributed by atoms with Gasteiger partial charge in [-0.05, 0) is 22.8 Å². The summed E-state index contributed by atoms with van der Waals surface area (Å²) in [5, 5.41) is 21.2. The first-order chi connectivity index (χ1) is 11.3. The van der Waals surface area contributed by atoms with Gasteiger partial charge in [0.05, 0.1) is 11.6 Å². The zero-order valence-electron chi connectivity index (χ0n) is 12.5. The summed E-state index contributed by atoms with van der Waals surface area (Å²) in [6.45, 7) is 0. The molecule has 0 saturated carbocycles. The van der Waals surface area contributed by atoms with E-state index in [4.69, 9.17) is 0 Å². The van der Waals surface area contributed by atoms with Crippen molar-refractivity contribution in [3.63, 3.8) is 0 Å². The second-order valence-corrected chi connectivity index (χ2v) is 6.97. The van der Waals surface area contributed by atoms with Crippen LogP contribution in [0.3, 0.4) is 0 Å². The molecule has 3 aromatic rings. The first-order valence-electron chi connectivity index (χ1n) is 7.02. The number of benzene rings is 2. The maximum atomic E-state index is 9.20. The lowest BCUT2D eigenvalue weighted by Crippen LogP contribution is -1.85. The summed E-state index contributed by atoms with van der Waals surface area (Å²) in [4.78, 5) is 0. The largest absolute Gasteiger partial charge is 0.363 e. The smallest absolute Gasteiger partial charge is 0.206 e. The first kappa shape index (κ1) is 15.5. The van der Waals surface area contributed by atoms with Crippen LogP contribution in [0, 0.1) is 11.3 Å². The standard InChI is InChI=1S/C17H14N4S2/c1-19-16-20-21-17(23-16)22-11-12-6-8-13(9-7-12)15-5-3-2-4-14(15)10-18/h2-9H,11H2,1H3,(H,19,20). The number of nitrogens with one attached hydrogen (secondary N) is 1. The van der Waals surface area contributed by atoms with E-state index >= 15 is 0 Å². The minimum Gasteiger partial charge on any atom is -0.363 e. The average molecular weight is 338 g/mol. The number of thioether (sulfide) groups is 1. The zero-order chi connectivity index (χ0) is 16.1. The molecule has 6 heteroatoms. The highest BCUT2D eigenvalue weighted by Crippen LogP contribution is 2.29. The molecule has 1 heterocycles. The minimum atomic E-state index is 0.697. The van der Waals surface area contributed by atoms with Gasteiger partial charge in [0.15, 0.2) is 4.34 Å². The van der Waals surface area contributed by atoms with Crippen LogP contribution in [0.2, 0.25) is 0 Å². The van der Waals surface area contributed by atoms with Gasteiger partial charge >= 0.3 is 0 Å². The predicted octanol–water partition coefficient (Wildman–Crippen LogP) is 4.41. The van der Waals surface area contributed by atoms with Crippen LogP contribution in [0.4, 0.5) is 5.13 Å². The lowest BCUT2D eigenvalue weighted by Gasteiger charge is -2.05. The topological polar surface area (TPSA) is 61.6 Å². The lowest BCUT2D eigenvalue weighted by atomic mass is 10.00. The fraction of sp³-hybridized carbons (Fsp3) is 0.118. The van der Waals surface area contributed by atoms with E-state index in [1.54, 1.807) is 23.1 Å². The minimum absolute atomic E-state index is 0.697. The van der Waals surface area contributed by atoms with E-state index in [9.17, 15) is 5.26 Å². The lowest BCUT2D eigenvalue weighted by molar-refractivity contribution is 1.01. The summed E-state index contributed by atoms with van der Waals surface area (Å²) in [7, 11) is 1.84. The van der Waals surface area contributed by atoms with Crippen molar-refractivity contribution in [1.29, 1.82) is 5.26 Å². The maximum Gasteiger partial charge on any atom is 0.206 e. The molecule has 0 radical (unpaired) electrons. The van der Waals surface area contributed by atoms with Gasteiger partial charge in [-0.15, -0.1) is 10.2 Å². The zero-order valence-corrected chi connectivity index (χ0v) is 14.1. The number of hydrogen-bond acceptors (Lipinski definition) is 6. The second kappa shape index (κ2) is 7.27. The van der Waals surface area contributed by atoms with Crippen LogP contribution in [0.15, 0.2) is 52.9 Å². The normalized spacial score (nSPS) is 10.3. The summed E-state index contributed by atoms with van der Waals surface area (Å²) in [6, 6.07) is 18.2. The van der Waals surface area contributed by atoms with Gasteiger partial charge in [0.1, 0.15) is 0 Å². The Morgan fingerprint density at radius 2 is 1.91 bits per heavy atom. The van der Waals surface area contributed by atoms with Crippen LogP contribution >= 0.6 is 23.1 Å². The molecule has 23 heavy (non-hydrogen) atoms. The molecule has 0 fully saturated rings. The highest BCUT2D eigenvalue weighted by Gasteiger charge is 2.06. The molecular formula is C17H14N4S2. The molecule has 1 N–H and O–H groups in total. The van der Waals surface area contributed by atoms with E-state index < -0.39 is 0 Å². The Balaban J connectivity index is 1.71. The van der Waals surface area contributed by atoms with Crippen molar-refractivity contribution >= 4 is 28.2 Å². The van der Waals surface area contributed by atoms with Crippen molar-refractivity contribution in [2.45, 2.75) is 10.1 Å². The molecule has 0 spiro atoms. The molecule has 114 valence electrons. The number of anilines is 1. The maximum absolute atomic E-state index is 9.20. The van der Waals surface area contributed by atoms with Gasteiger partial charge in [0, 0.05) is 12.8 Å². The number of hydrogen-bond donors (Lipinski definition) is 1. The summed E-state index contributed by atoms with van der Waals surface area (Å²) >= 11 is 3.22. The van der Waals surface area contributed by atoms with E-state index in [1.807, 2.05) is 31.3 Å². The summed E-state index contributed by atoms with van der Waals surface area (Å²) < 4.78 is 0.952. The number of nitrogens with zero attached hydrogens (tertiary/aromatic N) is 3. The van der Waals surface area contributed by atoms with E-state index in [-0.39, 0.29) is 0 Å². The Morgan fingerprint density at radius 3 is 2.61 bits per heavy atom. The van der Waals surface area contributed by atoms with Gasteiger partial charge in [-0.1, -0.05) is 65.6 Å². The highest BCUT2D eigenvalue weighted by atomic mass is 32.2. The van der Waals surface area contributed by atoms with Crippen LogP contribution in [-0.4, -0.2) is 17.2 Å². The molecule has 0 aliphatic carbocycles. The number of rotatable bonds is 5. The molecule has 0 amide bonds. The Bertz CT molecular complexity index is 834. The van der Waals surface area contributed by atoms with Crippen LogP contribution in [0.5, 0.6) is 0 Å². The molecular weight excluding hydrogens is 324 g/mol. The molecule has 0 unspecified atom stereocenters. The molecule has 4 nitrogen and oxygen atoms in total. The van der Waals surface area contributed by atoms with Crippen molar-refractivity contribution < 1.29 is 0 Å². The van der Waals surface area contributed by atoms with Crippen molar-refractivity contribution in [1.82, 2.24) is 10.2 Å². The highest BCUT2D eigenvalue weighted by molar-refractivity contribution is 8.00. The number of nitriles is 1. The molecule has 2 aromatic carbocycles. The Morgan fingerprint density at radius 1 is 1.13 bits per heavy atom. The Hall–Kier alpha value is -2.36. The average Bonchev–Trinajstić information content (AvgIpc) is 3.08. The first-order valence-corrected chi connectivity index (χ1v) is 8.83. The third-order valence-electron chi connectivity index (χ3n) is 3.30. The summed E-state index contributed by atoms with van der Waals surface area (Å²) in [5.41, 5.74) is 3.94. The molecule has 0 aliphatic rings. The van der Waals surface area contributed by atoms with Crippen LogP contribution in [0.25, 0.3) is 11.1 Å². The predicted molar refractivity (Wildman–Crippen MR) is 95.6 cm³/mol. The fourth-order valence-corrected chi connectivity index (χ4v) is 3.79. The third kappa shape index (κ3) is 3.70. The van der Waals surface area contributed by atoms with E-state index in [0.29, 0.717) is 5.56 Å². The van der Waals surface area contributed by atoms with Gasteiger partial charge in [-0.25, -0.2) is 0 Å².